The first-order valence-corrected chi connectivity index (χ1v) is 7.05. The minimum absolute atomic E-state index is 0.0979. The molecule has 0 aromatic carbocycles. The predicted molar refractivity (Wildman–Crippen MR) is 82.2 cm³/mol. The smallest absolute Gasteiger partial charge is 0.227 e. The van der Waals surface area contributed by atoms with Crippen molar-refractivity contribution in [2.45, 2.75) is 19.9 Å². The van der Waals surface area contributed by atoms with Crippen LogP contribution in [0.15, 0.2) is 18.3 Å². The van der Waals surface area contributed by atoms with Gasteiger partial charge >= 0.3 is 0 Å². The molecule has 2 heterocycles. The first-order chi connectivity index (χ1) is 9.46. The van der Waals surface area contributed by atoms with Crippen LogP contribution in [0.1, 0.15) is 24.6 Å². The van der Waals surface area contributed by atoms with Gasteiger partial charge in [-0.05, 0) is 31.5 Å². The van der Waals surface area contributed by atoms with Gasteiger partial charge in [0.15, 0.2) is 0 Å². The first kappa shape index (κ1) is 14.9. The van der Waals surface area contributed by atoms with Crippen LogP contribution >= 0.6 is 12.2 Å². The summed E-state index contributed by atoms with van der Waals surface area (Å²) < 4.78 is 0. The fourth-order valence-corrected chi connectivity index (χ4v) is 2.89. The molecular weight excluding hydrogens is 272 g/mol. The van der Waals surface area contributed by atoms with Crippen LogP contribution in [-0.2, 0) is 11.3 Å². The monoisotopic (exact) mass is 292 g/mol. The number of likely N-dealkylation sites (tertiary alicyclic amines) is 1. The third-order valence-corrected chi connectivity index (χ3v) is 4.04. The van der Waals surface area contributed by atoms with Crippen LogP contribution in [0.3, 0.4) is 0 Å². The van der Waals surface area contributed by atoms with E-state index in [0.717, 1.165) is 25.1 Å². The van der Waals surface area contributed by atoms with E-state index in [4.69, 9.17) is 18.0 Å². The van der Waals surface area contributed by atoms with E-state index in [1.54, 1.807) is 13.2 Å². The number of aromatic nitrogens is 1. The van der Waals surface area contributed by atoms with Crippen LogP contribution in [0.5, 0.6) is 0 Å². The molecule has 1 aromatic rings. The van der Waals surface area contributed by atoms with E-state index in [9.17, 15) is 4.79 Å². The number of nitrogens with zero attached hydrogens (tertiary/aromatic N) is 2. The van der Waals surface area contributed by atoms with Crippen molar-refractivity contribution in [2.75, 3.05) is 20.1 Å². The van der Waals surface area contributed by atoms with Crippen molar-refractivity contribution < 1.29 is 4.79 Å². The molecule has 1 fully saturated rings. The Hall–Kier alpha value is -1.53. The van der Waals surface area contributed by atoms with Crippen LogP contribution in [-0.4, -0.2) is 40.9 Å². The normalized spacial score (nSPS) is 22.7. The van der Waals surface area contributed by atoms with Crippen LogP contribution in [0.4, 0.5) is 0 Å². The second-order valence-corrected chi connectivity index (χ2v) is 5.92. The van der Waals surface area contributed by atoms with Crippen molar-refractivity contribution in [3.63, 3.8) is 0 Å². The van der Waals surface area contributed by atoms with Gasteiger partial charge in [0.05, 0.1) is 5.41 Å². The van der Waals surface area contributed by atoms with E-state index in [2.05, 4.69) is 15.2 Å². The standard InChI is InChI=1S/C14H20N4OS/c1-14(13(19)16-2)5-7-18(9-14)8-10-4-3-6-17-11(10)12(15)20/h3-4,6H,5,7-9H2,1-2H3,(H2,15,20)(H,16,19). The Kier molecular flexibility index (Phi) is 4.35. The zero-order valence-electron chi connectivity index (χ0n) is 11.8. The van der Waals surface area contributed by atoms with E-state index in [-0.39, 0.29) is 11.3 Å². The van der Waals surface area contributed by atoms with Crippen molar-refractivity contribution in [3.05, 3.63) is 29.6 Å². The van der Waals surface area contributed by atoms with Crippen LogP contribution < -0.4 is 11.1 Å². The molecule has 5 nitrogen and oxygen atoms in total. The first-order valence-electron chi connectivity index (χ1n) is 6.64. The van der Waals surface area contributed by atoms with Gasteiger partial charge in [-0.1, -0.05) is 18.3 Å². The Bertz CT molecular complexity index is 534. The van der Waals surface area contributed by atoms with Crippen LogP contribution in [0.2, 0.25) is 0 Å². The highest BCUT2D eigenvalue weighted by atomic mass is 32.1. The summed E-state index contributed by atoms with van der Waals surface area (Å²) in [5.41, 5.74) is 7.07. The number of thiocarbonyl (C=S) groups is 1. The number of amides is 1. The highest BCUT2D eigenvalue weighted by Gasteiger charge is 2.39. The number of rotatable bonds is 4. The predicted octanol–water partition coefficient (Wildman–Crippen LogP) is 0.674. The molecule has 20 heavy (non-hydrogen) atoms. The molecule has 1 aliphatic rings. The van der Waals surface area contributed by atoms with E-state index < -0.39 is 0 Å². The molecule has 0 radical (unpaired) electrons. The number of carbonyl (C=O) groups is 1. The Morgan fingerprint density at radius 1 is 1.65 bits per heavy atom. The lowest BCUT2D eigenvalue weighted by molar-refractivity contribution is -0.129. The molecule has 0 saturated carbocycles. The Morgan fingerprint density at radius 2 is 2.40 bits per heavy atom. The molecule has 6 heteroatoms. The van der Waals surface area contributed by atoms with E-state index in [0.29, 0.717) is 17.2 Å². The minimum Gasteiger partial charge on any atom is -0.388 e. The molecule has 1 amide bonds. The lowest BCUT2D eigenvalue weighted by Gasteiger charge is -2.23. The molecule has 0 spiro atoms. The maximum Gasteiger partial charge on any atom is 0.227 e. The molecule has 1 atom stereocenters. The van der Waals surface area contributed by atoms with Crippen LogP contribution in [0.25, 0.3) is 0 Å². The SMILES string of the molecule is CNC(=O)C1(C)CCN(Cc2cccnc2C(N)=S)C1. The van der Waals surface area contributed by atoms with Gasteiger partial charge in [0, 0.05) is 26.3 Å². The molecule has 3 N–H and O–H groups in total. The third kappa shape index (κ3) is 2.96. The van der Waals surface area contributed by atoms with Gasteiger partial charge in [0.2, 0.25) is 5.91 Å². The highest BCUT2D eigenvalue weighted by Crippen LogP contribution is 2.31. The second kappa shape index (κ2) is 5.85. The molecule has 0 bridgehead atoms. The summed E-state index contributed by atoms with van der Waals surface area (Å²) >= 11 is 5.03. The largest absolute Gasteiger partial charge is 0.388 e. The summed E-state index contributed by atoms with van der Waals surface area (Å²) in [7, 11) is 1.68. The maximum atomic E-state index is 11.9. The summed E-state index contributed by atoms with van der Waals surface area (Å²) in [6, 6.07) is 3.86. The molecule has 1 aliphatic heterocycles. The van der Waals surface area contributed by atoms with Crippen molar-refractivity contribution in [2.24, 2.45) is 11.1 Å². The molecule has 1 unspecified atom stereocenters. The average Bonchev–Trinajstić information content (AvgIpc) is 2.81. The zero-order valence-corrected chi connectivity index (χ0v) is 12.7. The minimum atomic E-state index is -0.319. The molecular formula is C14H20N4OS. The quantitative estimate of drug-likeness (QED) is 0.798. The highest BCUT2D eigenvalue weighted by molar-refractivity contribution is 7.80. The van der Waals surface area contributed by atoms with Crippen LogP contribution in [0, 0.1) is 5.41 Å². The number of hydrogen-bond acceptors (Lipinski definition) is 4. The van der Waals surface area contributed by atoms with Gasteiger partial charge in [-0.2, -0.15) is 0 Å². The van der Waals surface area contributed by atoms with Gasteiger partial charge in [0.1, 0.15) is 10.7 Å². The third-order valence-electron chi connectivity index (χ3n) is 3.85. The summed E-state index contributed by atoms with van der Waals surface area (Å²) in [4.78, 5) is 18.7. The Morgan fingerprint density at radius 3 is 3.05 bits per heavy atom. The number of pyridine rings is 1. The lowest BCUT2D eigenvalue weighted by Crippen LogP contribution is -2.39. The second-order valence-electron chi connectivity index (χ2n) is 5.48. The summed E-state index contributed by atoms with van der Waals surface area (Å²) in [6.07, 6.45) is 2.55. The summed E-state index contributed by atoms with van der Waals surface area (Å²) in [5.74, 6) is 0.0979. The van der Waals surface area contributed by atoms with Gasteiger partial charge in [0.25, 0.3) is 0 Å². The number of carbonyl (C=O) groups excluding carboxylic acids is 1. The van der Waals surface area contributed by atoms with Gasteiger partial charge in [-0.25, -0.2) is 0 Å². The Balaban J connectivity index is 2.10. The molecule has 108 valence electrons. The Labute approximate surface area is 124 Å². The fourth-order valence-electron chi connectivity index (χ4n) is 2.71. The number of nitrogens with one attached hydrogen (secondary N) is 1. The van der Waals surface area contributed by atoms with Gasteiger partial charge < -0.3 is 11.1 Å². The number of nitrogens with two attached hydrogens (primary N) is 1. The molecule has 0 aliphatic carbocycles. The summed E-state index contributed by atoms with van der Waals surface area (Å²) in [5, 5.41) is 2.74. The lowest BCUT2D eigenvalue weighted by atomic mass is 9.89. The van der Waals surface area contributed by atoms with Gasteiger partial charge in [-0.15, -0.1) is 0 Å². The van der Waals surface area contributed by atoms with Gasteiger partial charge in [-0.3, -0.25) is 14.7 Å². The van der Waals surface area contributed by atoms with Crippen molar-refractivity contribution in [1.29, 1.82) is 0 Å². The average molecular weight is 292 g/mol. The zero-order chi connectivity index (χ0) is 14.8. The van der Waals surface area contributed by atoms with Crippen molar-refractivity contribution in [1.82, 2.24) is 15.2 Å². The maximum absolute atomic E-state index is 11.9. The van der Waals surface area contributed by atoms with E-state index in [1.807, 2.05) is 19.1 Å². The molecule has 1 aromatic heterocycles. The number of hydrogen-bond donors (Lipinski definition) is 2. The molecule has 2 rings (SSSR count). The van der Waals surface area contributed by atoms with E-state index in [1.165, 1.54) is 0 Å². The molecule has 1 saturated heterocycles. The topological polar surface area (TPSA) is 71.2 Å². The van der Waals surface area contributed by atoms with Crippen molar-refractivity contribution >= 4 is 23.1 Å². The fraction of sp³-hybridized carbons (Fsp3) is 0.500. The summed E-state index contributed by atoms with van der Waals surface area (Å²) in [6.45, 7) is 4.34. The van der Waals surface area contributed by atoms with E-state index >= 15 is 0 Å². The van der Waals surface area contributed by atoms with Crippen molar-refractivity contribution in [3.8, 4) is 0 Å².